The summed E-state index contributed by atoms with van der Waals surface area (Å²) in [4.78, 5) is 0. The van der Waals surface area contributed by atoms with Crippen molar-refractivity contribution in [1.29, 1.82) is 0 Å². The first kappa shape index (κ1) is 13.6. The lowest BCUT2D eigenvalue weighted by Gasteiger charge is -2.10. The quantitative estimate of drug-likeness (QED) is 0.867. The van der Waals surface area contributed by atoms with Gasteiger partial charge in [0, 0.05) is 25.7 Å². The van der Waals surface area contributed by atoms with E-state index < -0.39 is 0 Å². The SMILES string of the molecule is CC[C@@H](N)c1ccc(OCCc2cnn(C)c2)cc1. The van der Waals surface area contributed by atoms with E-state index >= 15 is 0 Å². The molecule has 0 bridgehead atoms. The molecule has 0 aliphatic carbocycles. The van der Waals surface area contributed by atoms with E-state index in [0.29, 0.717) is 6.61 Å². The van der Waals surface area contributed by atoms with E-state index in [1.165, 1.54) is 5.56 Å². The van der Waals surface area contributed by atoms with Gasteiger partial charge in [-0.25, -0.2) is 0 Å². The van der Waals surface area contributed by atoms with Gasteiger partial charge in [-0.05, 0) is 29.7 Å². The number of rotatable bonds is 6. The highest BCUT2D eigenvalue weighted by molar-refractivity contribution is 5.29. The van der Waals surface area contributed by atoms with Crippen LogP contribution in [-0.2, 0) is 13.5 Å². The van der Waals surface area contributed by atoms with E-state index in [0.717, 1.165) is 24.2 Å². The number of benzene rings is 1. The summed E-state index contributed by atoms with van der Waals surface area (Å²) in [6, 6.07) is 8.15. The van der Waals surface area contributed by atoms with Gasteiger partial charge in [0.1, 0.15) is 5.75 Å². The van der Waals surface area contributed by atoms with Gasteiger partial charge in [-0.15, -0.1) is 0 Å². The third-order valence-electron chi connectivity index (χ3n) is 3.17. The van der Waals surface area contributed by atoms with E-state index in [4.69, 9.17) is 10.5 Å². The van der Waals surface area contributed by atoms with Crippen molar-refractivity contribution in [3.8, 4) is 5.75 Å². The smallest absolute Gasteiger partial charge is 0.119 e. The first-order chi connectivity index (χ1) is 9.19. The molecule has 0 saturated heterocycles. The highest BCUT2D eigenvalue weighted by Crippen LogP contribution is 2.18. The van der Waals surface area contributed by atoms with Crippen molar-refractivity contribution in [3.05, 3.63) is 47.8 Å². The highest BCUT2D eigenvalue weighted by atomic mass is 16.5. The second kappa shape index (κ2) is 6.38. The Labute approximate surface area is 114 Å². The maximum atomic E-state index is 5.97. The van der Waals surface area contributed by atoms with Crippen LogP contribution < -0.4 is 10.5 Å². The second-order valence-electron chi connectivity index (χ2n) is 4.70. The molecule has 1 atom stereocenters. The fourth-order valence-electron chi connectivity index (χ4n) is 1.93. The Morgan fingerprint density at radius 1 is 1.32 bits per heavy atom. The maximum Gasteiger partial charge on any atom is 0.119 e. The molecule has 0 unspecified atom stereocenters. The fraction of sp³-hybridized carbons (Fsp3) is 0.400. The van der Waals surface area contributed by atoms with E-state index in [1.54, 1.807) is 4.68 Å². The number of hydrogen-bond acceptors (Lipinski definition) is 3. The minimum Gasteiger partial charge on any atom is -0.493 e. The zero-order valence-electron chi connectivity index (χ0n) is 11.5. The van der Waals surface area contributed by atoms with E-state index in [1.807, 2.05) is 43.7 Å². The van der Waals surface area contributed by atoms with Gasteiger partial charge in [0.25, 0.3) is 0 Å². The van der Waals surface area contributed by atoms with Crippen molar-refractivity contribution in [2.24, 2.45) is 12.8 Å². The third-order valence-corrected chi connectivity index (χ3v) is 3.17. The molecule has 102 valence electrons. The topological polar surface area (TPSA) is 53.1 Å². The van der Waals surface area contributed by atoms with Crippen molar-refractivity contribution >= 4 is 0 Å². The van der Waals surface area contributed by atoms with Crippen molar-refractivity contribution in [3.63, 3.8) is 0 Å². The average Bonchev–Trinajstić information content (AvgIpc) is 2.84. The van der Waals surface area contributed by atoms with Gasteiger partial charge in [0.2, 0.25) is 0 Å². The molecule has 4 nitrogen and oxygen atoms in total. The largest absolute Gasteiger partial charge is 0.493 e. The van der Waals surface area contributed by atoms with Crippen LogP contribution in [0.3, 0.4) is 0 Å². The van der Waals surface area contributed by atoms with Gasteiger partial charge in [0.05, 0.1) is 12.8 Å². The molecular weight excluding hydrogens is 238 g/mol. The number of ether oxygens (including phenoxy) is 1. The van der Waals surface area contributed by atoms with Gasteiger partial charge < -0.3 is 10.5 Å². The molecule has 0 saturated carbocycles. The number of aromatic nitrogens is 2. The number of hydrogen-bond donors (Lipinski definition) is 1. The first-order valence-electron chi connectivity index (χ1n) is 6.65. The summed E-state index contributed by atoms with van der Waals surface area (Å²) < 4.78 is 7.51. The van der Waals surface area contributed by atoms with Crippen LogP contribution in [0.4, 0.5) is 0 Å². The normalized spacial score (nSPS) is 12.4. The molecule has 0 aliphatic rings. The Morgan fingerprint density at radius 2 is 2.05 bits per heavy atom. The maximum absolute atomic E-state index is 5.97. The summed E-state index contributed by atoms with van der Waals surface area (Å²) in [6.07, 6.45) is 5.69. The monoisotopic (exact) mass is 259 g/mol. The molecular formula is C15H21N3O. The van der Waals surface area contributed by atoms with Crippen molar-refractivity contribution in [2.45, 2.75) is 25.8 Å². The van der Waals surface area contributed by atoms with Crippen LogP contribution >= 0.6 is 0 Å². The molecule has 2 aromatic rings. The molecule has 1 aromatic carbocycles. The molecule has 0 spiro atoms. The summed E-state index contributed by atoms with van der Waals surface area (Å²) in [7, 11) is 1.92. The summed E-state index contributed by atoms with van der Waals surface area (Å²) in [5.74, 6) is 0.885. The molecule has 1 heterocycles. The van der Waals surface area contributed by atoms with E-state index in [-0.39, 0.29) is 6.04 Å². The first-order valence-corrected chi connectivity index (χ1v) is 6.65. The zero-order chi connectivity index (χ0) is 13.7. The van der Waals surface area contributed by atoms with Gasteiger partial charge in [-0.3, -0.25) is 4.68 Å². The van der Waals surface area contributed by atoms with E-state index in [2.05, 4.69) is 12.0 Å². The predicted molar refractivity (Wildman–Crippen MR) is 76.1 cm³/mol. The van der Waals surface area contributed by atoms with Crippen molar-refractivity contribution < 1.29 is 4.74 Å². The van der Waals surface area contributed by atoms with Crippen molar-refractivity contribution in [1.82, 2.24) is 9.78 Å². The molecule has 0 amide bonds. The van der Waals surface area contributed by atoms with Crippen molar-refractivity contribution in [2.75, 3.05) is 6.61 Å². The molecule has 2 N–H and O–H groups in total. The summed E-state index contributed by atoms with van der Waals surface area (Å²) in [5.41, 5.74) is 8.31. The molecule has 0 fully saturated rings. The van der Waals surface area contributed by atoms with Gasteiger partial charge in [-0.1, -0.05) is 19.1 Å². The van der Waals surface area contributed by atoms with Crippen LogP contribution in [0.2, 0.25) is 0 Å². The van der Waals surface area contributed by atoms with E-state index in [9.17, 15) is 0 Å². The van der Waals surface area contributed by atoms with Crippen LogP contribution in [0.25, 0.3) is 0 Å². The number of aryl methyl sites for hydroxylation is 1. The Morgan fingerprint density at radius 3 is 2.63 bits per heavy atom. The molecule has 4 heteroatoms. The fourth-order valence-corrected chi connectivity index (χ4v) is 1.93. The van der Waals surface area contributed by atoms with Gasteiger partial charge in [-0.2, -0.15) is 5.10 Å². The van der Waals surface area contributed by atoms with Crippen LogP contribution in [0.5, 0.6) is 5.75 Å². The highest BCUT2D eigenvalue weighted by Gasteiger charge is 2.03. The Bertz CT molecular complexity index is 504. The van der Waals surface area contributed by atoms with Crippen LogP contribution in [-0.4, -0.2) is 16.4 Å². The Hall–Kier alpha value is -1.81. The second-order valence-corrected chi connectivity index (χ2v) is 4.70. The van der Waals surface area contributed by atoms with Crippen LogP contribution in [0, 0.1) is 0 Å². The molecule has 1 aromatic heterocycles. The minimum absolute atomic E-state index is 0.115. The Balaban J connectivity index is 1.83. The predicted octanol–water partition coefficient (Wildman–Crippen LogP) is 2.45. The summed E-state index contributed by atoms with van der Waals surface area (Å²) >= 11 is 0. The average molecular weight is 259 g/mol. The summed E-state index contributed by atoms with van der Waals surface area (Å²) in [6.45, 7) is 2.74. The van der Waals surface area contributed by atoms with Crippen LogP contribution in [0.15, 0.2) is 36.7 Å². The van der Waals surface area contributed by atoms with Gasteiger partial charge in [0.15, 0.2) is 0 Å². The lowest BCUT2D eigenvalue weighted by Crippen LogP contribution is -2.08. The standard InChI is InChI=1S/C15H21N3O/c1-3-15(16)13-4-6-14(7-5-13)19-9-8-12-10-17-18(2)11-12/h4-7,10-11,15H,3,8-9,16H2,1-2H3/t15-/m1/s1. The van der Waals surface area contributed by atoms with Crippen LogP contribution in [0.1, 0.15) is 30.5 Å². The lowest BCUT2D eigenvalue weighted by atomic mass is 10.1. The number of nitrogens with two attached hydrogens (primary N) is 1. The molecule has 19 heavy (non-hydrogen) atoms. The third kappa shape index (κ3) is 3.83. The molecule has 0 aliphatic heterocycles. The summed E-state index contributed by atoms with van der Waals surface area (Å²) in [5, 5.41) is 4.13. The molecule has 2 rings (SSSR count). The molecule has 0 radical (unpaired) electrons. The van der Waals surface area contributed by atoms with Gasteiger partial charge >= 0.3 is 0 Å². The lowest BCUT2D eigenvalue weighted by molar-refractivity contribution is 0.322. The minimum atomic E-state index is 0.115. The number of nitrogens with zero attached hydrogens (tertiary/aromatic N) is 2. The Kier molecular flexibility index (Phi) is 4.58. The zero-order valence-corrected chi connectivity index (χ0v) is 11.5.